The summed E-state index contributed by atoms with van der Waals surface area (Å²) in [5, 5.41) is 16.4. The third-order valence-electron chi connectivity index (χ3n) is 3.70. The van der Waals surface area contributed by atoms with Gasteiger partial charge in [0.25, 0.3) is 0 Å². The summed E-state index contributed by atoms with van der Waals surface area (Å²) in [7, 11) is 0. The van der Waals surface area contributed by atoms with Crippen LogP contribution in [0, 0.1) is 0 Å². The van der Waals surface area contributed by atoms with Crippen LogP contribution in [0.1, 0.15) is 18.8 Å². The van der Waals surface area contributed by atoms with E-state index in [1.807, 2.05) is 30.5 Å². The van der Waals surface area contributed by atoms with E-state index in [2.05, 4.69) is 22.1 Å². The minimum Gasteiger partial charge on any atom is -0.467 e. The van der Waals surface area contributed by atoms with Gasteiger partial charge in [-0.1, -0.05) is 6.07 Å². The van der Waals surface area contributed by atoms with Crippen molar-refractivity contribution in [2.24, 2.45) is 0 Å². The highest BCUT2D eigenvalue weighted by atomic mass is 16.4. The van der Waals surface area contributed by atoms with E-state index < -0.39 is 6.10 Å². The van der Waals surface area contributed by atoms with Crippen molar-refractivity contribution in [1.82, 2.24) is 9.88 Å². The molecule has 0 radical (unpaired) electrons. The molecule has 0 saturated carbocycles. The van der Waals surface area contributed by atoms with Crippen LogP contribution in [0.4, 0.5) is 10.5 Å². The number of benzene rings is 1. The first kappa shape index (κ1) is 15.2. The number of aliphatic hydroxyl groups is 1. The summed E-state index contributed by atoms with van der Waals surface area (Å²) in [5.41, 5.74) is 1.77. The van der Waals surface area contributed by atoms with E-state index in [0.29, 0.717) is 11.4 Å². The number of anilines is 1. The van der Waals surface area contributed by atoms with E-state index in [0.717, 1.165) is 17.4 Å². The molecule has 1 atom stereocenters. The van der Waals surface area contributed by atoms with Gasteiger partial charge in [0.15, 0.2) is 0 Å². The number of furan rings is 1. The average molecular weight is 313 g/mol. The Hall–Kier alpha value is -2.73. The number of aryl methyl sites for hydroxylation is 1. The maximum absolute atomic E-state index is 11.9. The second-order valence-corrected chi connectivity index (χ2v) is 5.24. The Bertz CT molecular complexity index is 793. The number of aliphatic hydroxyl groups excluding tert-OH is 1. The van der Waals surface area contributed by atoms with Crippen LogP contribution >= 0.6 is 0 Å². The van der Waals surface area contributed by atoms with Crippen molar-refractivity contribution >= 4 is 22.6 Å². The van der Waals surface area contributed by atoms with Gasteiger partial charge in [0, 0.05) is 18.4 Å². The molecule has 6 heteroatoms. The second-order valence-electron chi connectivity index (χ2n) is 5.24. The molecule has 0 spiro atoms. The molecule has 3 N–H and O–H groups in total. The Balaban J connectivity index is 1.61. The van der Waals surface area contributed by atoms with Gasteiger partial charge in [0.2, 0.25) is 0 Å². The van der Waals surface area contributed by atoms with Crippen LogP contribution < -0.4 is 10.6 Å². The van der Waals surface area contributed by atoms with Crippen molar-refractivity contribution < 1.29 is 14.3 Å². The first-order valence-electron chi connectivity index (χ1n) is 7.52. The van der Waals surface area contributed by atoms with Crippen molar-refractivity contribution in [2.45, 2.75) is 19.6 Å². The quantitative estimate of drug-likeness (QED) is 0.677. The van der Waals surface area contributed by atoms with Gasteiger partial charge >= 0.3 is 6.03 Å². The summed E-state index contributed by atoms with van der Waals surface area (Å²) in [5.74, 6) is 0.424. The van der Waals surface area contributed by atoms with Crippen LogP contribution in [0.5, 0.6) is 0 Å². The minimum absolute atomic E-state index is 0.0763. The maximum atomic E-state index is 11.9. The number of aromatic nitrogens is 1. The van der Waals surface area contributed by atoms with Gasteiger partial charge < -0.3 is 24.7 Å². The van der Waals surface area contributed by atoms with E-state index in [1.165, 1.54) is 6.26 Å². The van der Waals surface area contributed by atoms with Crippen molar-refractivity contribution in [3.8, 4) is 0 Å². The Kier molecular flexibility index (Phi) is 4.34. The molecule has 2 heterocycles. The Morgan fingerprint density at radius 2 is 2.22 bits per heavy atom. The third kappa shape index (κ3) is 3.37. The summed E-state index contributed by atoms with van der Waals surface area (Å²) in [4.78, 5) is 11.9. The van der Waals surface area contributed by atoms with Crippen molar-refractivity contribution in [3.05, 3.63) is 54.6 Å². The predicted octanol–water partition coefficient (Wildman–Crippen LogP) is 3.11. The summed E-state index contributed by atoms with van der Waals surface area (Å²) >= 11 is 0. The number of urea groups is 1. The number of nitrogens with zero attached hydrogens (tertiary/aromatic N) is 1. The summed E-state index contributed by atoms with van der Waals surface area (Å²) in [6.07, 6.45) is 2.64. The summed E-state index contributed by atoms with van der Waals surface area (Å²) in [6.45, 7) is 3.02. The van der Waals surface area contributed by atoms with Gasteiger partial charge in [0.1, 0.15) is 11.9 Å². The van der Waals surface area contributed by atoms with Gasteiger partial charge in [-0.2, -0.15) is 0 Å². The topological polar surface area (TPSA) is 79.4 Å². The molecule has 1 aromatic carbocycles. The van der Waals surface area contributed by atoms with E-state index >= 15 is 0 Å². The van der Waals surface area contributed by atoms with Gasteiger partial charge in [0.05, 0.1) is 18.3 Å². The van der Waals surface area contributed by atoms with Gasteiger partial charge in [-0.05, 0) is 42.6 Å². The molecule has 2 amide bonds. The summed E-state index contributed by atoms with van der Waals surface area (Å²) in [6, 6.07) is 10.8. The highest BCUT2D eigenvalue weighted by Crippen LogP contribution is 2.20. The van der Waals surface area contributed by atoms with E-state index in [-0.39, 0.29) is 12.6 Å². The SMILES string of the molecule is CCn1ccc2ccc(NC(=O)NCC(O)c3ccco3)cc21. The zero-order valence-electron chi connectivity index (χ0n) is 12.8. The predicted molar refractivity (Wildman–Crippen MR) is 88.3 cm³/mol. The van der Waals surface area contributed by atoms with E-state index in [1.54, 1.807) is 12.1 Å². The van der Waals surface area contributed by atoms with Crippen molar-refractivity contribution in [1.29, 1.82) is 0 Å². The fourth-order valence-corrected chi connectivity index (χ4v) is 2.48. The Morgan fingerprint density at radius 1 is 1.35 bits per heavy atom. The molecule has 1 unspecified atom stereocenters. The molecule has 3 aromatic rings. The zero-order valence-corrected chi connectivity index (χ0v) is 12.8. The second kappa shape index (κ2) is 6.58. The number of rotatable bonds is 5. The lowest BCUT2D eigenvalue weighted by molar-refractivity contribution is 0.149. The third-order valence-corrected chi connectivity index (χ3v) is 3.70. The monoisotopic (exact) mass is 313 g/mol. The molecule has 120 valence electrons. The molecule has 0 saturated heterocycles. The molecular weight excluding hydrogens is 294 g/mol. The van der Waals surface area contributed by atoms with Crippen LogP contribution in [-0.4, -0.2) is 22.2 Å². The lowest BCUT2D eigenvalue weighted by Crippen LogP contribution is -2.32. The number of carbonyl (C=O) groups excluding carboxylic acids is 1. The van der Waals surface area contributed by atoms with Crippen LogP contribution in [0.15, 0.2) is 53.3 Å². The standard InChI is InChI=1S/C17H19N3O3/c1-2-20-8-7-12-5-6-13(10-14(12)20)19-17(22)18-11-15(21)16-4-3-9-23-16/h3-10,15,21H,2,11H2,1H3,(H2,18,19,22). The number of hydrogen-bond donors (Lipinski definition) is 3. The first-order valence-corrected chi connectivity index (χ1v) is 7.52. The van der Waals surface area contributed by atoms with Crippen LogP contribution in [0.2, 0.25) is 0 Å². The minimum atomic E-state index is -0.865. The molecule has 0 fully saturated rings. The molecular formula is C17H19N3O3. The number of fused-ring (bicyclic) bond motifs is 1. The highest BCUT2D eigenvalue weighted by Gasteiger charge is 2.12. The van der Waals surface area contributed by atoms with Crippen LogP contribution in [0.3, 0.4) is 0 Å². The smallest absolute Gasteiger partial charge is 0.319 e. The average Bonchev–Trinajstić information content (AvgIpc) is 3.21. The van der Waals surface area contributed by atoms with Crippen molar-refractivity contribution in [3.63, 3.8) is 0 Å². The molecule has 0 aliphatic carbocycles. The number of carbonyl (C=O) groups is 1. The van der Waals surface area contributed by atoms with E-state index in [4.69, 9.17) is 4.42 Å². The highest BCUT2D eigenvalue weighted by molar-refractivity contribution is 5.92. The van der Waals surface area contributed by atoms with Gasteiger partial charge in [-0.3, -0.25) is 0 Å². The normalized spacial score (nSPS) is 12.3. The number of hydrogen-bond acceptors (Lipinski definition) is 3. The number of nitrogens with one attached hydrogen (secondary N) is 2. The molecule has 0 bridgehead atoms. The Morgan fingerprint density at radius 3 is 2.96 bits per heavy atom. The van der Waals surface area contributed by atoms with Crippen LogP contribution in [0.25, 0.3) is 10.9 Å². The molecule has 23 heavy (non-hydrogen) atoms. The number of amides is 2. The lowest BCUT2D eigenvalue weighted by atomic mass is 10.2. The van der Waals surface area contributed by atoms with Gasteiger partial charge in [-0.25, -0.2) is 4.79 Å². The maximum Gasteiger partial charge on any atom is 0.319 e. The van der Waals surface area contributed by atoms with E-state index in [9.17, 15) is 9.90 Å². The molecule has 0 aliphatic rings. The lowest BCUT2D eigenvalue weighted by Gasteiger charge is -2.11. The Labute approximate surface area is 133 Å². The summed E-state index contributed by atoms with van der Waals surface area (Å²) < 4.78 is 7.20. The first-order chi connectivity index (χ1) is 11.2. The molecule has 6 nitrogen and oxygen atoms in total. The fourth-order valence-electron chi connectivity index (χ4n) is 2.48. The largest absolute Gasteiger partial charge is 0.467 e. The molecule has 0 aliphatic heterocycles. The molecule has 2 aromatic heterocycles. The van der Waals surface area contributed by atoms with Crippen molar-refractivity contribution in [2.75, 3.05) is 11.9 Å². The van der Waals surface area contributed by atoms with Crippen LogP contribution in [-0.2, 0) is 6.54 Å². The zero-order chi connectivity index (χ0) is 16.2. The molecule has 3 rings (SSSR count). The fraction of sp³-hybridized carbons (Fsp3) is 0.235. The van der Waals surface area contributed by atoms with Gasteiger partial charge in [-0.15, -0.1) is 0 Å².